The van der Waals surface area contributed by atoms with Crippen molar-refractivity contribution in [3.05, 3.63) is 0 Å². The molecule has 0 aromatic carbocycles. The van der Waals surface area contributed by atoms with Crippen molar-refractivity contribution in [3.63, 3.8) is 0 Å². The number of hydrogen-bond acceptors (Lipinski definition) is 10. The van der Waals surface area contributed by atoms with Gasteiger partial charge >= 0.3 is 0 Å². The number of nitrogens with two attached hydrogens (primary N) is 2. The van der Waals surface area contributed by atoms with Crippen LogP contribution in [0, 0.1) is 23.7 Å². The number of likely N-dealkylation sites (N-methyl/N-ethyl adjacent to an activating group) is 2. The van der Waals surface area contributed by atoms with Crippen LogP contribution in [0.3, 0.4) is 0 Å². The van der Waals surface area contributed by atoms with E-state index in [0.717, 1.165) is 76.2 Å². The number of hydrogen-bond donors (Lipinski definition) is 6. The summed E-state index contributed by atoms with van der Waals surface area (Å²) in [5, 5.41) is 11.8. The lowest BCUT2D eigenvalue weighted by molar-refractivity contribution is 0.0454. The van der Waals surface area contributed by atoms with E-state index < -0.39 is 0 Å². The van der Waals surface area contributed by atoms with E-state index in [-0.39, 0.29) is 0 Å². The van der Waals surface area contributed by atoms with E-state index in [9.17, 15) is 0 Å². The van der Waals surface area contributed by atoms with E-state index in [1.165, 1.54) is 25.7 Å². The maximum absolute atomic E-state index is 6.60. The van der Waals surface area contributed by atoms with Crippen molar-refractivity contribution in [3.8, 4) is 0 Å². The zero-order valence-corrected chi connectivity index (χ0v) is 33.7. The molecule has 0 amide bonds. The highest BCUT2D eigenvalue weighted by molar-refractivity contribution is 4.44. The van der Waals surface area contributed by atoms with E-state index in [0.29, 0.717) is 39.6 Å². The molecule has 0 radical (unpaired) electrons. The summed E-state index contributed by atoms with van der Waals surface area (Å²) in [6, 6.07) is 0. The average Bonchev–Trinajstić information content (AvgIpc) is 3.01. The lowest BCUT2D eigenvalue weighted by Gasteiger charge is -2.06. The minimum absolute atomic E-state index is 0.556. The van der Waals surface area contributed by atoms with Crippen LogP contribution in [-0.2, 0) is 18.9 Å². The zero-order valence-electron chi connectivity index (χ0n) is 35.7. The monoisotopic (exact) mass is 673 g/mol. The highest BCUT2D eigenvalue weighted by atomic mass is 16.5. The van der Waals surface area contributed by atoms with E-state index in [1.54, 1.807) is 7.05 Å². The van der Waals surface area contributed by atoms with Gasteiger partial charge in [0.15, 0.2) is 0 Å². The summed E-state index contributed by atoms with van der Waals surface area (Å²) in [6.07, 6.45) is 6.55. The molecule has 46 heavy (non-hydrogen) atoms. The summed E-state index contributed by atoms with van der Waals surface area (Å²) in [4.78, 5) is 0. The van der Waals surface area contributed by atoms with Gasteiger partial charge in [-0.05, 0) is 64.8 Å². The highest BCUT2D eigenvalue weighted by Gasteiger charge is 1.94. The third-order valence-corrected chi connectivity index (χ3v) is 5.34. The van der Waals surface area contributed by atoms with Crippen molar-refractivity contribution < 1.29 is 21.8 Å². The molecule has 0 rings (SSSR count). The minimum atomic E-state index is 0.556. The average molecular weight is 673 g/mol. The first-order chi connectivity index (χ1) is 22.9. The van der Waals surface area contributed by atoms with Crippen LogP contribution in [0.5, 0.6) is 0 Å². The molecule has 0 heterocycles. The molecule has 0 aliphatic carbocycles. The lowest BCUT2D eigenvalue weighted by Crippen LogP contribution is -2.17. The molecule has 0 fully saturated rings. The van der Waals surface area contributed by atoms with Crippen LogP contribution in [0.4, 0.5) is 0 Å². The Hall–Kier alpha value is -0.400. The van der Waals surface area contributed by atoms with Crippen LogP contribution in [0.25, 0.3) is 0 Å². The molecule has 0 spiro atoms. The number of rotatable bonds is 26. The SMILES string of the molecule is CCCC(C)C.CCCC(C)C.CNCC(C)C.CNCCOCCOCCC(C)C.[2H]NCCOCCOCCNC.[2H]NCNC. The van der Waals surface area contributed by atoms with E-state index in [4.69, 9.17) is 21.8 Å². The molecule has 0 saturated heterocycles. The third kappa shape index (κ3) is 104. The van der Waals surface area contributed by atoms with Crippen molar-refractivity contribution in [1.29, 1.82) is 0 Å². The van der Waals surface area contributed by atoms with Gasteiger partial charge in [0.25, 0.3) is 0 Å². The fraction of sp³-hybridized carbons (Fsp3) is 1.00. The first-order valence-corrected chi connectivity index (χ1v) is 18.1. The smallest absolute Gasteiger partial charge is 0.120 e. The van der Waals surface area contributed by atoms with Crippen LogP contribution in [-0.4, -0.2) is 114 Å². The Balaban J connectivity index is -0.000000115. The Labute approximate surface area is 293 Å². The van der Waals surface area contributed by atoms with Gasteiger partial charge < -0.3 is 51.7 Å². The topological polar surface area (TPSA) is 137 Å². The number of nitrogens with one attached hydrogen (secondary N) is 4. The highest BCUT2D eigenvalue weighted by Crippen LogP contribution is 2.01. The van der Waals surface area contributed by atoms with Crippen LogP contribution in [0.2, 0.25) is 2.82 Å². The quantitative estimate of drug-likeness (QED) is 0.0527. The predicted molar refractivity (Wildman–Crippen MR) is 206 cm³/mol. The number of ether oxygens (including phenoxy) is 4. The summed E-state index contributed by atoms with van der Waals surface area (Å²) in [7, 11) is 7.56. The van der Waals surface area contributed by atoms with Crippen molar-refractivity contribution in [2.24, 2.45) is 35.1 Å². The molecule has 0 bridgehead atoms. The summed E-state index contributed by atoms with van der Waals surface area (Å²) in [5.74, 6) is 3.31. The van der Waals surface area contributed by atoms with Gasteiger partial charge in [0.05, 0.1) is 46.2 Å². The molecule has 10 heteroatoms. The van der Waals surface area contributed by atoms with Crippen molar-refractivity contribution in [1.82, 2.24) is 21.3 Å². The molecule has 0 aromatic heterocycles. The van der Waals surface area contributed by atoms with Gasteiger partial charge in [0.2, 0.25) is 0 Å². The lowest BCUT2D eigenvalue weighted by atomic mass is 10.1. The zero-order chi connectivity index (χ0) is 38.1. The molecule has 0 saturated carbocycles. The predicted octanol–water partition coefficient (Wildman–Crippen LogP) is 5.35. The third-order valence-electron chi connectivity index (χ3n) is 5.34. The fourth-order valence-corrected chi connectivity index (χ4v) is 2.95. The molecular weight excluding hydrogens is 580 g/mol. The second-order valence-electron chi connectivity index (χ2n) is 12.4. The van der Waals surface area contributed by atoms with Crippen LogP contribution >= 0.6 is 0 Å². The second kappa shape index (κ2) is 60.0. The Morgan fingerprint density at radius 3 is 1.11 bits per heavy atom. The molecule has 0 aromatic rings. The Bertz CT molecular complexity index is 438. The maximum atomic E-state index is 6.60. The van der Waals surface area contributed by atoms with E-state index in [1.807, 2.05) is 21.1 Å². The van der Waals surface area contributed by atoms with Gasteiger partial charge in [-0.25, -0.2) is 0 Å². The fourth-order valence-electron chi connectivity index (χ4n) is 2.95. The summed E-state index contributed by atoms with van der Waals surface area (Å²) < 4.78 is 33.9. The largest absolute Gasteiger partial charge is 0.379 e. The van der Waals surface area contributed by atoms with E-state index in [2.05, 4.69) is 102 Å². The van der Waals surface area contributed by atoms with Crippen molar-refractivity contribution >= 4 is 0 Å². The van der Waals surface area contributed by atoms with Crippen molar-refractivity contribution in [2.75, 3.05) is 114 Å². The minimum Gasteiger partial charge on any atom is -0.379 e. The van der Waals surface area contributed by atoms with Gasteiger partial charge in [-0.15, -0.1) is 0 Å². The molecule has 10 nitrogen and oxygen atoms in total. The van der Waals surface area contributed by atoms with Gasteiger partial charge in [-0.2, -0.15) is 0 Å². The summed E-state index contributed by atoms with van der Waals surface area (Å²) in [5.41, 5.74) is 4.41. The van der Waals surface area contributed by atoms with Crippen LogP contribution < -0.4 is 32.7 Å². The first kappa shape index (κ1) is 52.4. The van der Waals surface area contributed by atoms with Gasteiger partial charge in [-0.3, -0.25) is 0 Å². The molecular formula is C36H90N6O4. The summed E-state index contributed by atoms with van der Waals surface area (Å²) in [6.45, 7) is 31.8. The molecule has 288 valence electrons. The Morgan fingerprint density at radius 2 is 0.891 bits per heavy atom. The molecule has 0 aliphatic heterocycles. The first-order valence-electron chi connectivity index (χ1n) is 19.1. The van der Waals surface area contributed by atoms with Gasteiger partial charge in [-0.1, -0.05) is 94.9 Å². The normalized spacial score (nSPS) is 10.7. The van der Waals surface area contributed by atoms with Gasteiger partial charge in [0.1, 0.15) is 2.82 Å². The molecule has 0 atom stereocenters. The standard InChI is InChI=1S/C10H23NO2.C7H18N2O2.2C6H14.C5H13N.C2H8N2/c1-10(2)4-6-12-8-9-13-7-5-11-3;1-9-3-5-11-7-6-10-4-2-8;2*1-4-5-6(2)3;1-5(2)4-6-3;1-4-2-3/h10-11H,4-9H2,1-3H3;9H,2-8H2,1H3;2*6H,4-5H2,1-3H3;5-6H,4H2,1-3H3;4H,2-3H2,1H3/i/hD2. The molecule has 0 unspecified atom stereocenters. The van der Waals surface area contributed by atoms with Crippen molar-refractivity contribution in [2.45, 2.75) is 101 Å². The maximum Gasteiger partial charge on any atom is 0.120 e. The molecule has 0 aliphatic rings. The van der Waals surface area contributed by atoms with Crippen LogP contribution in [0.1, 0.15) is 101 Å². The summed E-state index contributed by atoms with van der Waals surface area (Å²) >= 11 is 0. The Kier molecular flexibility index (Phi) is 68.3. The second-order valence-corrected chi connectivity index (χ2v) is 12.4. The van der Waals surface area contributed by atoms with Crippen LogP contribution in [0.15, 0.2) is 0 Å². The van der Waals surface area contributed by atoms with Gasteiger partial charge in [0, 0.05) is 32.9 Å². The molecule has 8 N–H and O–H groups in total. The Morgan fingerprint density at radius 1 is 0.478 bits per heavy atom. The van der Waals surface area contributed by atoms with E-state index >= 15 is 0 Å².